The summed E-state index contributed by atoms with van der Waals surface area (Å²) in [7, 11) is 0. The maximum Gasteiger partial charge on any atom is 0.119 e. The van der Waals surface area contributed by atoms with E-state index in [1.54, 1.807) is 0 Å². The van der Waals surface area contributed by atoms with Crippen molar-refractivity contribution in [3.63, 3.8) is 0 Å². The summed E-state index contributed by atoms with van der Waals surface area (Å²) in [6.07, 6.45) is 0.194. The second-order valence-electron chi connectivity index (χ2n) is 3.41. The van der Waals surface area contributed by atoms with E-state index in [1.165, 1.54) is 0 Å². The first-order valence-corrected chi connectivity index (χ1v) is 4.50. The first-order chi connectivity index (χ1) is 6.13. The van der Waals surface area contributed by atoms with Crippen LogP contribution in [0.25, 0.3) is 0 Å². The molecule has 1 aromatic carbocycles. The minimum atomic E-state index is 0.0911. The van der Waals surface area contributed by atoms with Crippen molar-refractivity contribution in [2.45, 2.75) is 33.5 Å². The highest BCUT2D eigenvalue weighted by Gasteiger charge is 2.00. The molecule has 0 amide bonds. The van der Waals surface area contributed by atoms with Crippen LogP contribution in [0.1, 0.15) is 25.0 Å². The third-order valence-electron chi connectivity index (χ3n) is 1.86. The van der Waals surface area contributed by atoms with Gasteiger partial charge >= 0.3 is 0 Å². The van der Waals surface area contributed by atoms with Crippen molar-refractivity contribution in [2.75, 3.05) is 0 Å². The molecular weight excluding hydrogens is 164 g/mol. The predicted molar refractivity (Wildman–Crippen MR) is 52.9 cm³/mol. The van der Waals surface area contributed by atoms with Gasteiger partial charge in [-0.1, -0.05) is 6.07 Å². The summed E-state index contributed by atoms with van der Waals surface area (Å²) in [5.74, 6) is 0.865. The summed E-state index contributed by atoms with van der Waals surface area (Å²) < 4.78 is 5.51. The predicted octanol–water partition coefficient (Wildman–Crippen LogP) is 2.27. The molecule has 0 atom stereocenters. The Kier molecular flexibility index (Phi) is 3.32. The fourth-order valence-corrected chi connectivity index (χ4v) is 1.19. The van der Waals surface area contributed by atoms with E-state index in [2.05, 4.69) is 0 Å². The van der Waals surface area contributed by atoms with E-state index >= 15 is 0 Å². The van der Waals surface area contributed by atoms with E-state index in [0.29, 0.717) is 0 Å². The van der Waals surface area contributed by atoms with Crippen molar-refractivity contribution >= 4 is 0 Å². The topological polar surface area (TPSA) is 29.5 Å². The van der Waals surface area contributed by atoms with Crippen LogP contribution in [0.15, 0.2) is 18.2 Å². The van der Waals surface area contributed by atoms with Gasteiger partial charge in [0.2, 0.25) is 0 Å². The third kappa shape index (κ3) is 2.74. The minimum Gasteiger partial charge on any atom is -0.491 e. The highest BCUT2D eigenvalue weighted by atomic mass is 16.5. The Balaban J connectivity index is 2.83. The number of benzene rings is 1. The Morgan fingerprint density at radius 1 is 1.38 bits per heavy atom. The van der Waals surface area contributed by atoms with E-state index in [0.717, 1.165) is 16.9 Å². The van der Waals surface area contributed by atoms with Gasteiger partial charge in [-0.3, -0.25) is 0 Å². The van der Waals surface area contributed by atoms with E-state index in [-0.39, 0.29) is 12.7 Å². The summed E-state index contributed by atoms with van der Waals surface area (Å²) in [5, 5.41) is 8.95. The normalized spacial score (nSPS) is 10.5. The standard InChI is InChI=1S/C11H16O2/c1-8(2)13-11-5-4-10(7-12)9(3)6-11/h4-6,8,12H,7H2,1-3H3. The Bertz CT molecular complexity index is 279. The molecule has 0 saturated heterocycles. The number of aryl methyl sites for hydroxylation is 1. The molecule has 72 valence electrons. The van der Waals surface area contributed by atoms with Gasteiger partial charge in [-0.05, 0) is 44.0 Å². The molecule has 0 aliphatic carbocycles. The quantitative estimate of drug-likeness (QED) is 0.773. The molecule has 0 spiro atoms. The van der Waals surface area contributed by atoms with Crippen LogP contribution in [0.5, 0.6) is 5.75 Å². The van der Waals surface area contributed by atoms with Gasteiger partial charge in [-0.2, -0.15) is 0 Å². The lowest BCUT2D eigenvalue weighted by Crippen LogP contribution is -2.05. The zero-order valence-corrected chi connectivity index (χ0v) is 8.37. The Labute approximate surface area is 79.2 Å². The molecule has 1 rings (SSSR count). The second kappa shape index (κ2) is 4.28. The Hall–Kier alpha value is -1.02. The zero-order valence-electron chi connectivity index (χ0n) is 8.37. The highest BCUT2D eigenvalue weighted by Crippen LogP contribution is 2.18. The lowest BCUT2D eigenvalue weighted by molar-refractivity contribution is 0.241. The molecule has 0 unspecified atom stereocenters. The summed E-state index contributed by atoms with van der Waals surface area (Å²) in [6, 6.07) is 5.73. The number of rotatable bonds is 3. The molecule has 0 fully saturated rings. The average Bonchev–Trinajstić information content (AvgIpc) is 2.03. The van der Waals surface area contributed by atoms with Gasteiger partial charge in [0, 0.05) is 0 Å². The number of ether oxygens (including phenoxy) is 1. The van der Waals surface area contributed by atoms with Gasteiger partial charge < -0.3 is 9.84 Å². The van der Waals surface area contributed by atoms with E-state index in [1.807, 2.05) is 39.0 Å². The van der Waals surface area contributed by atoms with Crippen molar-refractivity contribution in [1.29, 1.82) is 0 Å². The summed E-state index contributed by atoms with van der Waals surface area (Å²) in [4.78, 5) is 0. The van der Waals surface area contributed by atoms with E-state index in [4.69, 9.17) is 9.84 Å². The number of hydrogen-bond acceptors (Lipinski definition) is 2. The van der Waals surface area contributed by atoms with Crippen LogP contribution in [-0.4, -0.2) is 11.2 Å². The first-order valence-electron chi connectivity index (χ1n) is 4.50. The molecule has 0 heterocycles. The average molecular weight is 180 g/mol. The van der Waals surface area contributed by atoms with Crippen molar-refractivity contribution < 1.29 is 9.84 Å². The van der Waals surface area contributed by atoms with Crippen molar-refractivity contribution in [2.24, 2.45) is 0 Å². The lowest BCUT2D eigenvalue weighted by atomic mass is 10.1. The molecule has 0 aliphatic rings. The molecule has 13 heavy (non-hydrogen) atoms. The molecule has 0 radical (unpaired) electrons. The lowest BCUT2D eigenvalue weighted by Gasteiger charge is -2.11. The van der Waals surface area contributed by atoms with Crippen LogP contribution < -0.4 is 4.74 Å². The molecule has 2 heteroatoms. The fraction of sp³-hybridized carbons (Fsp3) is 0.455. The molecule has 2 nitrogen and oxygen atoms in total. The zero-order chi connectivity index (χ0) is 9.84. The SMILES string of the molecule is Cc1cc(OC(C)C)ccc1CO. The van der Waals surface area contributed by atoms with Gasteiger partial charge in [-0.25, -0.2) is 0 Å². The molecular formula is C11H16O2. The van der Waals surface area contributed by atoms with Gasteiger partial charge in [0.1, 0.15) is 5.75 Å². The maximum absolute atomic E-state index is 8.95. The van der Waals surface area contributed by atoms with Gasteiger partial charge in [0.15, 0.2) is 0 Å². The summed E-state index contributed by atoms with van der Waals surface area (Å²) >= 11 is 0. The van der Waals surface area contributed by atoms with Crippen LogP contribution in [0.4, 0.5) is 0 Å². The third-order valence-corrected chi connectivity index (χ3v) is 1.86. The van der Waals surface area contributed by atoms with Crippen molar-refractivity contribution in [3.05, 3.63) is 29.3 Å². The number of hydrogen-bond donors (Lipinski definition) is 1. The van der Waals surface area contributed by atoms with E-state index < -0.39 is 0 Å². The van der Waals surface area contributed by atoms with Crippen molar-refractivity contribution in [3.8, 4) is 5.75 Å². The molecule has 1 aromatic rings. The highest BCUT2D eigenvalue weighted by molar-refractivity contribution is 5.34. The molecule has 0 aliphatic heterocycles. The molecule has 1 N–H and O–H groups in total. The monoisotopic (exact) mass is 180 g/mol. The van der Waals surface area contributed by atoms with Crippen LogP contribution in [0.3, 0.4) is 0 Å². The summed E-state index contributed by atoms with van der Waals surface area (Å²) in [5.41, 5.74) is 2.02. The smallest absolute Gasteiger partial charge is 0.119 e. The van der Waals surface area contributed by atoms with Crippen molar-refractivity contribution in [1.82, 2.24) is 0 Å². The summed E-state index contributed by atoms with van der Waals surface area (Å²) in [6.45, 7) is 6.05. The molecule has 0 saturated carbocycles. The van der Waals surface area contributed by atoms with E-state index in [9.17, 15) is 0 Å². The van der Waals surface area contributed by atoms with Gasteiger partial charge in [0.25, 0.3) is 0 Å². The minimum absolute atomic E-state index is 0.0911. The van der Waals surface area contributed by atoms with Gasteiger partial charge in [-0.15, -0.1) is 0 Å². The molecule has 0 bridgehead atoms. The van der Waals surface area contributed by atoms with Crippen LogP contribution in [0, 0.1) is 6.92 Å². The number of aliphatic hydroxyl groups is 1. The fourth-order valence-electron chi connectivity index (χ4n) is 1.19. The first kappa shape index (κ1) is 10.1. The second-order valence-corrected chi connectivity index (χ2v) is 3.41. The van der Waals surface area contributed by atoms with Crippen LogP contribution >= 0.6 is 0 Å². The largest absolute Gasteiger partial charge is 0.491 e. The number of aliphatic hydroxyl groups excluding tert-OH is 1. The van der Waals surface area contributed by atoms with Crippen LogP contribution in [-0.2, 0) is 6.61 Å². The van der Waals surface area contributed by atoms with Gasteiger partial charge in [0.05, 0.1) is 12.7 Å². The van der Waals surface area contributed by atoms with Crippen LogP contribution in [0.2, 0.25) is 0 Å². The molecule has 0 aromatic heterocycles. The Morgan fingerprint density at radius 3 is 2.54 bits per heavy atom. The maximum atomic E-state index is 8.95. The Morgan fingerprint density at radius 2 is 2.08 bits per heavy atom.